The minimum absolute atomic E-state index is 0. The molecule has 36 heavy (non-hydrogen) atoms. The highest BCUT2D eigenvalue weighted by atomic mass is 35.5. The number of amides is 2. The van der Waals surface area contributed by atoms with Crippen molar-refractivity contribution < 1.29 is 14.3 Å². The van der Waals surface area contributed by atoms with E-state index in [-0.39, 0.29) is 36.6 Å². The van der Waals surface area contributed by atoms with E-state index < -0.39 is 0 Å². The summed E-state index contributed by atoms with van der Waals surface area (Å²) in [6, 6.07) is 15.8. The van der Waals surface area contributed by atoms with Crippen LogP contribution in [0.4, 0.5) is 5.69 Å². The molecule has 0 N–H and O–H groups in total. The predicted molar refractivity (Wildman–Crippen MR) is 152 cm³/mol. The second-order valence-electron chi connectivity index (χ2n) is 9.38. The third-order valence-corrected chi connectivity index (χ3v) is 6.75. The number of anilines is 1. The molecule has 0 bridgehead atoms. The molecule has 2 aromatic carbocycles. The van der Waals surface area contributed by atoms with Crippen LogP contribution in [0.15, 0.2) is 48.5 Å². The summed E-state index contributed by atoms with van der Waals surface area (Å²) in [6.45, 7) is 4.25. The van der Waals surface area contributed by atoms with E-state index in [0.717, 1.165) is 56.4 Å². The smallest absolute Gasteiger partial charge is 0.258 e. The summed E-state index contributed by atoms with van der Waals surface area (Å²) in [5, 5.41) is 0. The van der Waals surface area contributed by atoms with Crippen molar-refractivity contribution >= 4 is 42.3 Å². The molecule has 1 aliphatic rings. The van der Waals surface area contributed by atoms with Gasteiger partial charge >= 0.3 is 0 Å². The molecule has 0 unspecified atom stereocenters. The number of carbonyl (C=O) groups excluding carboxylic acids is 2. The number of nitrogens with zero attached hydrogens (tertiary/aromatic N) is 3. The summed E-state index contributed by atoms with van der Waals surface area (Å²) in [6.07, 6.45) is 5.43. The van der Waals surface area contributed by atoms with Crippen LogP contribution in [0, 0.1) is 6.92 Å². The average Bonchev–Trinajstić information content (AvgIpc) is 2.85. The van der Waals surface area contributed by atoms with E-state index in [4.69, 9.17) is 4.74 Å². The van der Waals surface area contributed by atoms with Crippen LogP contribution in [-0.2, 0) is 4.79 Å². The Kier molecular flexibility index (Phi) is 13.9. The summed E-state index contributed by atoms with van der Waals surface area (Å²) in [5.74, 6) is 0.925. The first kappa shape index (κ1) is 31.7. The first-order valence-corrected chi connectivity index (χ1v) is 12.4. The lowest BCUT2D eigenvalue weighted by Crippen LogP contribution is -2.44. The Labute approximate surface area is 228 Å². The second-order valence-corrected chi connectivity index (χ2v) is 9.38. The number of piperidine rings is 1. The number of carbonyl (C=O) groups is 2. The third kappa shape index (κ3) is 8.68. The fraction of sp³-hybridized carbons (Fsp3) is 0.500. The number of aryl methyl sites for hydroxylation is 1. The van der Waals surface area contributed by atoms with Crippen molar-refractivity contribution in [1.29, 1.82) is 0 Å². The molecule has 8 heteroatoms. The number of rotatable bonds is 10. The van der Waals surface area contributed by atoms with Crippen LogP contribution in [0.5, 0.6) is 5.75 Å². The number of hydrogen-bond acceptors (Lipinski definition) is 4. The fourth-order valence-corrected chi connectivity index (χ4v) is 4.49. The van der Waals surface area contributed by atoms with Gasteiger partial charge in [-0.05, 0) is 76.9 Å². The van der Waals surface area contributed by atoms with Crippen molar-refractivity contribution in [3.8, 4) is 5.75 Å². The van der Waals surface area contributed by atoms with Crippen LogP contribution in [0.25, 0.3) is 0 Å². The highest BCUT2D eigenvalue weighted by molar-refractivity contribution is 6.07. The fourth-order valence-electron chi connectivity index (χ4n) is 4.49. The minimum atomic E-state index is -0.0534. The van der Waals surface area contributed by atoms with Crippen molar-refractivity contribution in [2.45, 2.75) is 51.5 Å². The first-order valence-electron chi connectivity index (χ1n) is 12.4. The average molecular weight is 539 g/mol. The number of likely N-dealkylation sites (tertiary alicyclic amines) is 1. The first-order chi connectivity index (χ1) is 16.4. The second kappa shape index (κ2) is 15.7. The quantitative estimate of drug-likeness (QED) is 0.369. The molecular weight excluding hydrogens is 497 g/mol. The van der Waals surface area contributed by atoms with Crippen molar-refractivity contribution in [1.82, 2.24) is 9.80 Å². The number of hydrogen-bond donors (Lipinski definition) is 0. The Morgan fingerprint density at radius 1 is 0.917 bits per heavy atom. The Morgan fingerprint density at radius 3 is 2.22 bits per heavy atom. The van der Waals surface area contributed by atoms with Gasteiger partial charge in [-0.15, -0.1) is 24.8 Å². The lowest BCUT2D eigenvalue weighted by Gasteiger charge is -2.35. The van der Waals surface area contributed by atoms with Gasteiger partial charge in [-0.25, -0.2) is 0 Å². The SMILES string of the molecule is Cc1ccccc1C(=O)N(C)c1ccccc1OCCCCCC(=O)N1CCC(N(C)C)CC1.Cl.Cl. The zero-order valence-corrected chi connectivity index (χ0v) is 23.6. The summed E-state index contributed by atoms with van der Waals surface area (Å²) in [4.78, 5) is 31.4. The van der Waals surface area contributed by atoms with E-state index in [1.165, 1.54) is 0 Å². The van der Waals surface area contributed by atoms with Crippen molar-refractivity contribution in [3.05, 3.63) is 59.7 Å². The van der Waals surface area contributed by atoms with Crippen LogP contribution in [0.3, 0.4) is 0 Å². The Balaban J connectivity index is 0.00000324. The van der Waals surface area contributed by atoms with Gasteiger partial charge in [0.1, 0.15) is 5.75 Å². The topological polar surface area (TPSA) is 53.1 Å². The normalized spacial score (nSPS) is 13.5. The van der Waals surface area contributed by atoms with Gasteiger partial charge in [-0.3, -0.25) is 9.59 Å². The number of unbranched alkanes of at least 4 members (excludes halogenated alkanes) is 2. The van der Waals surface area contributed by atoms with Gasteiger partial charge in [0.25, 0.3) is 5.91 Å². The maximum atomic E-state index is 13.0. The molecule has 0 saturated carbocycles. The Hall–Kier alpha value is -2.28. The van der Waals surface area contributed by atoms with Crippen LogP contribution >= 0.6 is 24.8 Å². The van der Waals surface area contributed by atoms with Crippen molar-refractivity contribution in [2.24, 2.45) is 0 Å². The molecule has 0 aromatic heterocycles. The summed E-state index contributed by atoms with van der Waals surface area (Å²) in [7, 11) is 6.01. The zero-order valence-electron chi connectivity index (χ0n) is 21.9. The van der Waals surface area contributed by atoms with Gasteiger partial charge in [-0.1, -0.05) is 30.3 Å². The molecule has 0 aliphatic carbocycles. The predicted octanol–water partition coefficient (Wildman–Crippen LogP) is 5.61. The molecular formula is C28H41Cl2N3O3. The van der Waals surface area contributed by atoms with Crippen molar-refractivity contribution in [2.75, 3.05) is 45.7 Å². The van der Waals surface area contributed by atoms with Gasteiger partial charge < -0.3 is 19.4 Å². The van der Waals surface area contributed by atoms with Gasteiger partial charge in [0.2, 0.25) is 5.91 Å². The molecule has 0 radical (unpaired) electrons. The molecule has 6 nitrogen and oxygen atoms in total. The Morgan fingerprint density at radius 2 is 1.56 bits per heavy atom. The lowest BCUT2D eigenvalue weighted by atomic mass is 10.0. The van der Waals surface area contributed by atoms with Crippen LogP contribution in [0.1, 0.15) is 54.4 Å². The molecule has 2 amide bonds. The number of ether oxygens (including phenoxy) is 1. The number of benzene rings is 2. The molecule has 2 aromatic rings. The Bertz CT molecular complexity index is 963. The van der Waals surface area contributed by atoms with E-state index in [0.29, 0.717) is 30.4 Å². The highest BCUT2D eigenvalue weighted by Crippen LogP contribution is 2.29. The molecule has 1 saturated heterocycles. The standard InChI is InChI=1S/C28H39N3O3.2ClH/c1-22-12-7-8-13-24(22)28(33)30(4)25-14-9-10-15-26(25)34-21-11-5-6-16-27(32)31-19-17-23(18-20-31)29(2)3;;/h7-10,12-15,23H,5-6,11,16-21H2,1-4H3;2*1H. The van der Waals surface area contributed by atoms with Gasteiger partial charge in [0.05, 0.1) is 12.3 Å². The van der Waals surface area contributed by atoms with Gasteiger partial charge in [-0.2, -0.15) is 0 Å². The van der Waals surface area contributed by atoms with E-state index >= 15 is 0 Å². The summed E-state index contributed by atoms with van der Waals surface area (Å²) < 4.78 is 6.04. The maximum Gasteiger partial charge on any atom is 0.258 e. The number of halogens is 2. The van der Waals surface area contributed by atoms with E-state index in [1.807, 2.05) is 60.4 Å². The van der Waals surface area contributed by atoms with E-state index in [1.54, 1.807) is 11.9 Å². The molecule has 1 heterocycles. The van der Waals surface area contributed by atoms with E-state index in [9.17, 15) is 9.59 Å². The molecule has 3 rings (SSSR count). The monoisotopic (exact) mass is 537 g/mol. The van der Waals surface area contributed by atoms with Gasteiger partial charge in [0, 0.05) is 38.2 Å². The lowest BCUT2D eigenvalue weighted by molar-refractivity contribution is -0.132. The van der Waals surface area contributed by atoms with Crippen molar-refractivity contribution in [3.63, 3.8) is 0 Å². The third-order valence-electron chi connectivity index (χ3n) is 6.75. The summed E-state index contributed by atoms with van der Waals surface area (Å²) >= 11 is 0. The summed E-state index contributed by atoms with van der Waals surface area (Å²) in [5.41, 5.74) is 2.40. The van der Waals surface area contributed by atoms with Gasteiger partial charge in [0.15, 0.2) is 0 Å². The molecule has 0 atom stereocenters. The van der Waals surface area contributed by atoms with Crippen LogP contribution in [0.2, 0.25) is 0 Å². The highest BCUT2D eigenvalue weighted by Gasteiger charge is 2.23. The molecule has 200 valence electrons. The minimum Gasteiger partial charge on any atom is -0.491 e. The zero-order chi connectivity index (χ0) is 24.5. The number of para-hydroxylation sites is 2. The molecule has 1 fully saturated rings. The largest absolute Gasteiger partial charge is 0.491 e. The van der Waals surface area contributed by atoms with Crippen LogP contribution < -0.4 is 9.64 Å². The maximum absolute atomic E-state index is 13.0. The van der Waals surface area contributed by atoms with E-state index in [2.05, 4.69) is 19.0 Å². The molecule has 1 aliphatic heterocycles. The molecule has 0 spiro atoms. The van der Waals surface area contributed by atoms with Crippen LogP contribution in [-0.4, -0.2) is 68.5 Å².